The maximum atomic E-state index is 12.9. The van der Waals surface area contributed by atoms with Gasteiger partial charge in [0.25, 0.3) is 5.91 Å². The molecule has 5 rings (SSSR count). The van der Waals surface area contributed by atoms with E-state index in [2.05, 4.69) is 33.3 Å². The molecule has 1 amide bonds. The zero-order valence-corrected chi connectivity index (χ0v) is 22.0. The molecule has 0 unspecified atom stereocenters. The van der Waals surface area contributed by atoms with Gasteiger partial charge in [-0.15, -0.1) is 0 Å². The Bertz CT molecular complexity index is 1200. The van der Waals surface area contributed by atoms with Crippen molar-refractivity contribution >= 4 is 5.91 Å². The summed E-state index contributed by atoms with van der Waals surface area (Å²) in [6, 6.07) is 16.2. The molecule has 1 N–H and O–H groups in total. The van der Waals surface area contributed by atoms with Gasteiger partial charge >= 0.3 is 0 Å². The summed E-state index contributed by atoms with van der Waals surface area (Å²) in [5.74, 6) is 1.74. The lowest BCUT2D eigenvalue weighted by Gasteiger charge is -2.44. The largest absolute Gasteiger partial charge is 0.497 e. The molecule has 7 nitrogen and oxygen atoms in total. The zero-order chi connectivity index (χ0) is 25.7. The molecule has 1 saturated heterocycles. The summed E-state index contributed by atoms with van der Waals surface area (Å²) in [5.41, 5.74) is 4.70. The second-order valence-electron chi connectivity index (χ2n) is 10.6. The Morgan fingerprint density at radius 2 is 1.92 bits per heavy atom. The van der Waals surface area contributed by atoms with E-state index in [0.29, 0.717) is 0 Å². The van der Waals surface area contributed by atoms with E-state index in [0.717, 1.165) is 87.5 Å². The number of amides is 1. The number of likely N-dealkylation sites (N-methyl/N-ethyl adjacent to an activating group) is 1. The quantitative estimate of drug-likeness (QED) is 0.548. The Kier molecular flexibility index (Phi) is 7.79. The number of likely N-dealkylation sites (tertiary alicyclic amines) is 1. The number of nitrogens with zero attached hydrogens (tertiary/aromatic N) is 3. The number of hydrogen-bond acceptors (Lipinski definition) is 5. The highest BCUT2D eigenvalue weighted by Crippen LogP contribution is 2.39. The van der Waals surface area contributed by atoms with Crippen LogP contribution in [0.2, 0.25) is 0 Å². The van der Waals surface area contributed by atoms with Crippen LogP contribution >= 0.6 is 0 Å². The maximum absolute atomic E-state index is 12.9. The van der Waals surface area contributed by atoms with Crippen molar-refractivity contribution in [1.82, 2.24) is 20.0 Å². The molecule has 0 bridgehead atoms. The Morgan fingerprint density at radius 1 is 1.08 bits per heavy atom. The molecule has 7 heteroatoms. The van der Waals surface area contributed by atoms with E-state index in [1.807, 2.05) is 48.5 Å². The number of piperidine rings is 1. The second kappa shape index (κ2) is 11.4. The van der Waals surface area contributed by atoms with Gasteiger partial charge in [0, 0.05) is 31.3 Å². The summed E-state index contributed by atoms with van der Waals surface area (Å²) in [7, 11) is 3.62. The van der Waals surface area contributed by atoms with Crippen molar-refractivity contribution in [3.8, 4) is 22.8 Å². The van der Waals surface area contributed by atoms with Gasteiger partial charge in [0.2, 0.25) is 0 Å². The molecular weight excluding hydrogens is 464 g/mol. The molecule has 2 aliphatic rings. The normalized spacial score (nSPS) is 19.0. The number of aryl methyl sites for hydroxylation is 1. The summed E-state index contributed by atoms with van der Waals surface area (Å²) in [4.78, 5) is 17.4. The van der Waals surface area contributed by atoms with Gasteiger partial charge in [-0.05, 0) is 74.4 Å². The molecular formula is C30H38N4O3. The number of nitrogens with one attached hydrogen (secondary N) is 1. The van der Waals surface area contributed by atoms with Gasteiger partial charge in [0.05, 0.1) is 19.0 Å². The number of hydrogen-bond donors (Lipinski definition) is 1. The fourth-order valence-electron chi connectivity index (χ4n) is 5.88. The molecule has 2 aliphatic heterocycles. The number of carbonyl (C=O) groups is 1. The monoisotopic (exact) mass is 502 g/mol. The molecule has 37 heavy (non-hydrogen) atoms. The number of benzene rings is 2. The number of para-hydroxylation sites is 1. The minimum Gasteiger partial charge on any atom is -0.497 e. The average molecular weight is 503 g/mol. The summed E-state index contributed by atoms with van der Waals surface area (Å²) in [5, 5.41) is 7.54. The van der Waals surface area contributed by atoms with E-state index in [-0.39, 0.29) is 17.9 Å². The third kappa shape index (κ3) is 5.99. The number of aromatic nitrogens is 2. The van der Waals surface area contributed by atoms with E-state index in [1.165, 1.54) is 11.1 Å². The third-order valence-corrected chi connectivity index (χ3v) is 8.11. The van der Waals surface area contributed by atoms with Crippen molar-refractivity contribution < 1.29 is 14.3 Å². The van der Waals surface area contributed by atoms with Gasteiger partial charge in [-0.2, -0.15) is 5.10 Å². The molecule has 0 aliphatic carbocycles. The molecule has 0 radical (unpaired) electrons. The van der Waals surface area contributed by atoms with Gasteiger partial charge in [0.15, 0.2) is 6.61 Å². The van der Waals surface area contributed by atoms with Crippen LogP contribution < -0.4 is 9.47 Å². The van der Waals surface area contributed by atoms with E-state index < -0.39 is 0 Å². The number of carbonyl (C=O) groups excluding carboxylic acids is 1. The standard InChI is InChI=1S/C30H38N4O3/c1-33-22-30(13-6-5-9-23-8-3-4-12-27(23)37-21-28(33)35)14-16-34(17-15-30)20-25-19-31-32-29(25)24-10-7-11-26(18-24)36-2/h3-4,7-8,10-12,18-19H,5-6,9,13-17,20-22H2,1-2H3,(H,31,32). The van der Waals surface area contributed by atoms with Gasteiger partial charge in [-0.3, -0.25) is 14.8 Å². The van der Waals surface area contributed by atoms with Crippen molar-refractivity contribution in [2.45, 2.75) is 45.1 Å². The van der Waals surface area contributed by atoms with Crippen LogP contribution in [0.25, 0.3) is 11.3 Å². The summed E-state index contributed by atoms with van der Waals surface area (Å²) in [6.07, 6.45) is 8.58. The van der Waals surface area contributed by atoms with Crippen LogP contribution in [0.15, 0.2) is 54.7 Å². The fourth-order valence-corrected chi connectivity index (χ4v) is 5.88. The zero-order valence-electron chi connectivity index (χ0n) is 22.0. The topological polar surface area (TPSA) is 70.7 Å². The lowest BCUT2D eigenvalue weighted by Crippen LogP contribution is -2.47. The highest BCUT2D eigenvalue weighted by atomic mass is 16.5. The molecule has 1 aromatic heterocycles. The van der Waals surface area contributed by atoms with Crippen molar-refractivity contribution in [3.05, 3.63) is 65.9 Å². The predicted molar refractivity (Wildman–Crippen MR) is 145 cm³/mol. The van der Waals surface area contributed by atoms with Crippen LogP contribution in [0.3, 0.4) is 0 Å². The number of rotatable bonds is 4. The molecule has 0 saturated carbocycles. The van der Waals surface area contributed by atoms with Gasteiger partial charge in [-0.1, -0.05) is 36.8 Å². The van der Waals surface area contributed by atoms with Crippen LogP contribution in [0.4, 0.5) is 0 Å². The number of ether oxygens (including phenoxy) is 2. The van der Waals surface area contributed by atoms with Crippen molar-refractivity contribution in [3.63, 3.8) is 0 Å². The maximum Gasteiger partial charge on any atom is 0.260 e. The van der Waals surface area contributed by atoms with Crippen molar-refractivity contribution in [2.24, 2.45) is 5.41 Å². The van der Waals surface area contributed by atoms with Gasteiger partial charge < -0.3 is 14.4 Å². The highest BCUT2D eigenvalue weighted by molar-refractivity contribution is 5.77. The second-order valence-corrected chi connectivity index (χ2v) is 10.6. The predicted octanol–water partition coefficient (Wildman–Crippen LogP) is 4.93. The van der Waals surface area contributed by atoms with Crippen LogP contribution in [0, 0.1) is 5.41 Å². The SMILES string of the molecule is COc1cccc(-c2[nH]ncc2CN2CCC3(CCCCc4ccccc4OCC(=O)N(C)C3)CC2)c1. The van der Waals surface area contributed by atoms with E-state index in [4.69, 9.17) is 9.47 Å². The van der Waals surface area contributed by atoms with E-state index in [1.54, 1.807) is 7.11 Å². The Morgan fingerprint density at radius 3 is 2.76 bits per heavy atom. The number of H-pyrrole nitrogens is 1. The van der Waals surface area contributed by atoms with E-state index >= 15 is 0 Å². The van der Waals surface area contributed by atoms with Crippen LogP contribution in [-0.2, 0) is 17.8 Å². The minimum absolute atomic E-state index is 0.0542. The smallest absolute Gasteiger partial charge is 0.260 e. The van der Waals surface area contributed by atoms with Crippen molar-refractivity contribution in [2.75, 3.05) is 40.4 Å². The fraction of sp³-hybridized carbons (Fsp3) is 0.467. The molecule has 1 spiro atoms. The number of methoxy groups -OCH3 is 1. The molecule has 1 fully saturated rings. The first-order chi connectivity index (χ1) is 18.0. The summed E-state index contributed by atoms with van der Waals surface area (Å²) >= 11 is 0. The first-order valence-corrected chi connectivity index (χ1v) is 13.4. The first-order valence-electron chi connectivity index (χ1n) is 13.4. The van der Waals surface area contributed by atoms with Crippen LogP contribution in [-0.4, -0.2) is 66.3 Å². The molecule has 3 aromatic rings. The average Bonchev–Trinajstić information content (AvgIpc) is 3.39. The lowest BCUT2D eigenvalue weighted by molar-refractivity contribution is -0.134. The Balaban J connectivity index is 1.24. The first kappa shape index (κ1) is 25.3. The number of aromatic amines is 1. The van der Waals surface area contributed by atoms with Crippen molar-refractivity contribution in [1.29, 1.82) is 0 Å². The summed E-state index contributed by atoms with van der Waals surface area (Å²) < 4.78 is 11.4. The molecule has 0 atom stereocenters. The van der Waals surface area contributed by atoms with Gasteiger partial charge in [-0.25, -0.2) is 0 Å². The highest BCUT2D eigenvalue weighted by Gasteiger charge is 2.36. The number of fused-ring (bicyclic) bond motifs is 1. The lowest BCUT2D eigenvalue weighted by atomic mass is 9.73. The van der Waals surface area contributed by atoms with Crippen LogP contribution in [0.1, 0.15) is 43.2 Å². The third-order valence-electron chi connectivity index (χ3n) is 8.11. The Labute approximate surface area is 219 Å². The molecule has 3 heterocycles. The Hall–Kier alpha value is -3.32. The molecule has 196 valence electrons. The summed E-state index contributed by atoms with van der Waals surface area (Å²) in [6.45, 7) is 3.79. The molecule has 2 aromatic carbocycles. The van der Waals surface area contributed by atoms with Gasteiger partial charge in [0.1, 0.15) is 11.5 Å². The van der Waals surface area contributed by atoms with Crippen LogP contribution in [0.5, 0.6) is 11.5 Å². The van der Waals surface area contributed by atoms with E-state index in [9.17, 15) is 4.79 Å². The minimum atomic E-state index is 0.0542.